The van der Waals surface area contributed by atoms with Gasteiger partial charge in [-0.2, -0.15) is 0 Å². The molecule has 3 heteroatoms. The van der Waals surface area contributed by atoms with Gasteiger partial charge in [-0.3, -0.25) is 0 Å². The van der Waals surface area contributed by atoms with Crippen molar-refractivity contribution in [2.45, 2.75) is 20.8 Å². The second-order valence-electron chi connectivity index (χ2n) is 1.18. The molecule has 1 heterocycles. The van der Waals surface area contributed by atoms with Crippen LogP contribution in [0.5, 0.6) is 0 Å². The first-order chi connectivity index (χ1) is 4.29. The molecule has 0 radical (unpaired) electrons. The lowest BCUT2D eigenvalue weighted by atomic mass is 10.8. The van der Waals surface area contributed by atoms with Crippen molar-refractivity contribution in [3.8, 4) is 0 Å². The topological polar surface area (TPSA) is 12.9 Å². The molecule has 0 fully saturated rings. The van der Waals surface area contributed by atoms with E-state index in [2.05, 4.69) is 4.98 Å². The maximum Gasteiger partial charge on any atom is 0.113 e. The zero-order chi connectivity index (χ0) is 7.28. The van der Waals surface area contributed by atoms with Gasteiger partial charge in [0.1, 0.15) is 4.34 Å². The molecule has 0 saturated heterocycles. The lowest BCUT2D eigenvalue weighted by Crippen LogP contribution is -1.56. The Morgan fingerprint density at radius 2 is 2.11 bits per heavy atom. The van der Waals surface area contributed by atoms with E-state index in [9.17, 15) is 0 Å². The lowest BCUT2D eigenvalue weighted by Gasteiger charge is -1.66. The molecule has 0 bridgehead atoms. The van der Waals surface area contributed by atoms with E-state index in [4.69, 9.17) is 11.6 Å². The highest BCUT2D eigenvalue weighted by molar-refractivity contribution is 7.15. The molecule has 1 aromatic heterocycles. The van der Waals surface area contributed by atoms with Gasteiger partial charge in [-0.1, -0.05) is 25.4 Å². The number of nitrogens with zero attached hydrogens (tertiary/aromatic N) is 1. The minimum atomic E-state index is 0.762. The summed E-state index contributed by atoms with van der Waals surface area (Å²) in [5.41, 5.74) is 0. The molecule has 0 spiro atoms. The summed E-state index contributed by atoms with van der Waals surface area (Å²) in [4.78, 5) is 3.90. The molecule has 0 atom stereocenters. The molecule has 0 aliphatic heterocycles. The Hall–Kier alpha value is -0.0800. The summed E-state index contributed by atoms with van der Waals surface area (Å²) in [5.74, 6) is 0. The van der Waals surface area contributed by atoms with Crippen molar-refractivity contribution in [3.63, 3.8) is 0 Å². The molecular formula is C6H10ClNS. The van der Waals surface area contributed by atoms with Crippen LogP contribution in [-0.4, -0.2) is 4.98 Å². The molecule has 1 rings (SSSR count). The molecule has 1 aromatic rings. The molecule has 0 saturated carbocycles. The van der Waals surface area contributed by atoms with Gasteiger partial charge < -0.3 is 0 Å². The summed E-state index contributed by atoms with van der Waals surface area (Å²) in [6.45, 7) is 5.93. The van der Waals surface area contributed by atoms with Gasteiger partial charge in [-0.15, -0.1) is 11.3 Å². The highest BCUT2D eigenvalue weighted by Gasteiger charge is 1.88. The maximum absolute atomic E-state index is 5.52. The summed E-state index contributed by atoms with van der Waals surface area (Å²) in [7, 11) is 0. The van der Waals surface area contributed by atoms with E-state index >= 15 is 0 Å². The van der Waals surface area contributed by atoms with Gasteiger partial charge in [0.05, 0.1) is 11.2 Å². The van der Waals surface area contributed by atoms with Crippen LogP contribution in [-0.2, 0) is 0 Å². The molecule has 9 heavy (non-hydrogen) atoms. The lowest BCUT2D eigenvalue weighted by molar-refractivity contribution is 1.30. The quantitative estimate of drug-likeness (QED) is 0.573. The Balaban J connectivity index is 0.000000291. The van der Waals surface area contributed by atoms with Crippen molar-refractivity contribution in [2.24, 2.45) is 0 Å². The molecule has 0 aliphatic carbocycles. The fourth-order valence-corrected chi connectivity index (χ4v) is 1.21. The van der Waals surface area contributed by atoms with Crippen LogP contribution in [0.2, 0.25) is 4.34 Å². The van der Waals surface area contributed by atoms with E-state index < -0.39 is 0 Å². The van der Waals surface area contributed by atoms with Gasteiger partial charge in [0.2, 0.25) is 0 Å². The normalized spacial score (nSPS) is 8.00. The first kappa shape index (κ1) is 8.92. The van der Waals surface area contributed by atoms with Gasteiger partial charge >= 0.3 is 0 Å². The van der Waals surface area contributed by atoms with Gasteiger partial charge in [-0.05, 0) is 6.92 Å². The van der Waals surface area contributed by atoms with Crippen molar-refractivity contribution >= 4 is 22.9 Å². The number of hydrogen-bond acceptors (Lipinski definition) is 2. The Labute approximate surface area is 64.7 Å². The number of aromatic nitrogens is 1. The summed E-state index contributed by atoms with van der Waals surface area (Å²) in [5, 5.41) is 1.02. The number of hydrogen-bond donors (Lipinski definition) is 0. The minimum Gasteiger partial charge on any atom is -0.248 e. The average molecular weight is 164 g/mol. The molecule has 1 nitrogen and oxygen atoms in total. The van der Waals surface area contributed by atoms with Gasteiger partial charge in [0, 0.05) is 0 Å². The monoisotopic (exact) mass is 163 g/mol. The molecule has 0 amide bonds. The molecule has 0 aromatic carbocycles. The summed E-state index contributed by atoms with van der Waals surface area (Å²) < 4.78 is 0.762. The van der Waals surface area contributed by atoms with Crippen LogP contribution >= 0.6 is 22.9 Å². The number of rotatable bonds is 0. The first-order valence-corrected chi connectivity index (χ1v) is 4.06. The van der Waals surface area contributed by atoms with Gasteiger partial charge in [0.15, 0.2) is 0 Å². The highest BCUT2D eigenvalue weighted by atomic mass is 35.5. The van der Waals surface area contributed by atoms with Crippen molar-refractivity contribution in [1.29, 1.82) is 0 Å². The maximum atomic E-state index is 5.52. The Morgan fingerprint density at radius 1 is 1.56 bits per heavy atom. The van der Waals surface area contributed by atoms with E-state index in [1.807, 2.05) is 20.8 Å². The third kappa shape index (κ3) is 3.49. The third-order valence-corrected chi connectivity index (χ3v) is 1.62. The molecule has 0 aliphatic rings. The predicted molar refractivity (Wildman–Crippen MR) is 43.2 cm³/mol. The minimum absolute atomic E-state index is 0.762. The van der Waals surface area contributed by atoms with Crippen LogP contribution < -0.4 is 0 Å². The van der Waals surface area contributed by atoms with Crippen LogP contribution in [0, 0.1) is 6.92 Å². The standard InChI is InChI=1S/C4H4ClNS.C2H6/c1-3-6-2-4(5)7-3;1-2/h2H,1H3;1-2H3. The smallest absolute Gasteiger partial charge is 0.113 e. The van der Waals surface area contributed by atoms with Crippen molar-refractivity contribution < 1.29 is 0 Å². The SMILES string of the molecule is CC.Cc1ncc(Cl)s1. The van der Waals surface area contributed by atoms with Gasteiger partial charge in [0.25, 0.3) is 0 Å². The van der Waals surface area contributed by atoms with E-state index in [0.717, 1.165) is 9.34 Å². The Kier molecular flexibility index (Phi) is 4.72. The van der Waals surface area contributed by atoms with Crippen molar-refractivity contribution in [2.75, 3.05) is 0 Å². The number of halogens is 1. The second-order valence-corrected chi connectivity index (χ2v) is 3.05. The number of aryl methyl sites for hydroxylation is 1. The second kappa shape index (κ2) is 4.77. The van der Waals surface area contributed by atoms with E-state index in [1.54, 1.807) is 6.20 Å². The van der Waals surface area contributed by atoms with Crippen LogP contribution in [0.3, 0.4) is 0 Å². The first-order valence-electron chi connectivity index (χ1n) is 2.87. The number of thiazole rings is 1. The van der Waals surface area contributed by atoms with Crippen LogP contribution in [0.25, 0.3) is 0 Å². The highest BCUT2D eigenvalue weighted by Crippen LogP contribution is 2.16. The molecule has 0 N–H and O–H groups in total. The van der Waals surface area contributed by atoms with E-state index in [-0.39, 0.29) is 0 Å². The van der Waals surface area contributed by atoms with Crippen molar-refractivity contribution in [1.82, 2.24) is 4.98 Å². The fraction of sp³-hybridized carbons (Fsp3) is 0.500. The summed E-state index contributed by atoms with van der Waals surface area (Å²) in [6, 6.07) is 0. The Bertz CT molecular complexity index is 145. The Morgan fingerprint density at radius 3 is 2.22 bits per heavy atom. The van der Waals surface area contributed by atoms with Crippen LogP contribution in [0.1, 0.15) is 18.9 Å². The van der Waals surface area contributed by atoms with E-state index in [0.29, 0.717) is 0 Å². The average Bonchev–Trinajstić information content (AvgIpc) is 2.20. The zero-order valence-electron chi connectivity index (χ0n) is 5.81. The van der Waals surface area contributed by atoms with Crippen molar-refractivity contribution in [3.05, 3.63) is 15.5 Å². The fourth-order valence-electron chi connectivity index (χ4n) is 0.335. The predicted octanol–water partition coefficient (Wildman–Crippen LogP) is 3.13. The molecular weight excluding hydrogens is 154 g/mol. The molecule has 0 unspecified atom stereocenters. The summed E-state index contributed by atoms with van der Waals surface area (Å²) in [6.07, 6.45) is 1.65. The zero-order valence-corrected chi connectivity index (χ0v) is 7.38. The van der Waals surface area contributed by atoms with Crippen LogP contribution in [0.4, 0.5) is 0 Å². The van der Waals surface area contributed by atoms with E-state index in [1.165, 1.54) is 11.3 Å². The summed E-state index contributed by atoms with van der Waals surface area (Å²) >= 11 is 7.01. The van der Waals surface area contributed by atoms with Crippen LogP contribution in [0.15, 0.2) is 6.20 Å². The largest absolute Gasteiger partial charge is 0.248 e. The van der Waals surface area contributed by atoms with Gasteiger partial charge in [-0.25, -0.2) is 4.98 Å². The molecule has 52 valence electrons. The third-order valence-electron chi connectivity index (χ3n) is 0.593.